The quantitative estimate of drug-likeness (QED) is 0.817. The molecule has 0 saturated carbocycles. The second kappa shape index (κ2) is 5.65. The maximum atomic E-state index is 9.27. The number of rotatable bonds is 5. The largest absolute Gasteiger partial charge is 0.395 e. The summed E-state index contributed by atoms with van der Waals surface area (Å²) in [5.41, 5.74) is 2.32. The van der Waals surface area contributed by atoms with Crippen LogP contribution in [0.4, 0.5) is 0 Å². The summed E-state index contributed by atoms with van der Waals surface area (Å²) in [7, 11) is 0. The van der Waals surface area contributed by atoms with Crippen molar-refractivity contribution in [2.75, 3.05) is 13.2 Å². The summed E-state index contributed by atoms with van der Waals surface area (Å²) in [5.74, 6) is 0.642. The Kier molecular flexibility index (Phi) is 4.18. The molecule has 0 spiro atoms. The number of aliphatic hydroxyl groups is 1. The molecule has 0 radical (unpaired) electrons. The zero-order chi connectivity index (χ0) is 12.3. The molecule has 96 valence electrons. The summed E-state index contributed by atoms with van der Waals surface area (Å²) in [6.07, 6.45) is 3.33. The number of likely N-dealkylation sites (tertiary alicyclic amines) is 1. The summed E-state index contributed by atoms with van der Waals surface area (Å²) in [5, 5.41) is 16.7. The first-order valence-corrected chi connectivity index (χ1v) is 6.57. The average Bonchev–Trinajstić information content (AvgIpc) is 2.87. The third kappa shape index (κ3) is 3.30. The lowest BCUT2D eigenvalue weighted by Gasteiger charge is -2.21. The summed E-state index contributed by atoms with van der Waals surface area (Å²) in [4.78, 5) is 2.34. The summed E-state index contributed by atoms with van der Waals surface area (Å²) in [6, 6.07) is 2.50. The number of nitrogens with one attached hydrogen (secondary N) is 1. The fourth-order valence-corrected chi connectivity index (χ4v) is 2.54. The fraction of sp³-hybridized carbons (Fsp3) is 0.769. The van der Waals surface area contributed by atoms with Gasteiger partial charge in [0.15, 0.2) is 0 Å². The molecule has 2 N–H and O–H groups in total. The molecule has 1 aromatic rings. The number of hydrogen-bond acceptors (Lipinski definition) is 3. The second-order valence-electron chi connectivity index (χ2n) is 5.43. The van der Waals surface area contributed by atoms with E-state index in [0.29, 0.717) is 12.0 Å². The van der Waals surface area contributed by atoms with E-state index in [1.807, 2.05) is 0 Å². The van der Waals surface area contributed by atoms with Gasteiger partial charge in [-0.3, -0.25) is 10.00 Å². The van der Waals surface area contributed by atoms with Gasteiger partial charge in [-0.25, -0.2) is 0 Å². The Morgan fingerprint density at radius 3 is 3.12 bits per heavy atom. The van der Waals surface area contributed by atoms with Crippen molar-refractivity contribution >= 4 is 0 Å². The highest BCUT2D eigenvalue weighted by Crippen LogP contribution is 2.19. The molecule has 1 fully saturated rings. The highest BCUT2D eigenvalue weighted by atomic mass is 16.3. The minimum atomic E-state index is 0.271. The van der Waals surface area contributed by atoms with E-state index < -0.39 is 0 Å². The molecule has 1 aliphatic rings. The molecule has 0 unspecified atom stereocenters. The van der Waals surface area contributed by atoms with Gasteiger partial charge < -0.3 is 5.11 Å². The van der Waals surface area contributed by atoms with Crippen molar-refractivity contribution in [1.82, 2.24) is 15.1 Å². The van der Waals surface area contributed by atoms with Crippen LogP contribution in [0.2, 0.25) is 0 Å². The first-order chi connectivity index (χ1) is 8.19. The molecule has 4 nitrogen and oxygen atoms in total. The minimum absolute atomic E-state index is 0.271. The Balaban J connectivity index is 1.92. The van der Waals surface area contributed by atoms with Gasteiger partial charge in [-0.05, 0) is 37.8 Å². The molecule has 0 aromatic carbocycles. The topological polar surface area (TPSA) is 52.1 Å². The van der Waals surface area contributed by atoms with Crippen molar-refractivity contribution in [3.63, 3.8) is 0 Å². The van der Waals surface area contributed by atoms with Crippen LogP contribution in [-0.4, -0.2) is 39.4 Å². The van der Waals surface area contributed by atoms with E-state index in [0.717, 1.165) is 31.6 Å². The lowest BCUT2D eigenvalue weighted by atomic mass is 10.1. The number of H-pyrrole nitrogens is 1. The van der Waals surface area contributed by atoms with Gasteiger partial charge in [-0.15, -0.1) is 0 Å². The SMILES string of the molecule is CC(C)Cc1cc(CN2CCC[C@H]2CO)[nH]n1. The van der Waals surface area contributed by atoms with Crippen LogP contribution in [-0.2, 0) is 13.0 Å². The van der Waals surface area contributed by atoms with Gasteiger partial charge in [0.25, 0.3) is 0 Å². The summed E-state index contributed by atoms with van der Waals surface area (Å²) < 4.78 is 0. The second-order valence-corrected chi connectivity index (χ2v) is 5.43. The predicted octanol–water partition coefficient (Wildman–Crippen LogP) is 1.56. The Morgan fingerprint density at radius 2 is 2.41 bits per heavy atom. The van der Waals surface area contributed by atoms with Crippen molar-refractivity contribution in [2.45, 2.75) is 45.7 Å². The zero-order valence-corrected chi connectivity index (χ0v) is 10.8. The first-order valence-electron chi connectivity index (χ1n) is 6.57. The van der Waals surface area contributed by atoms with E-state index >= 15 is 0 Å². The van der Waals surface area contributed by atoms with Crippen LogP contribution in [0.5, 0.6) is 0 Å². The normalized spacial score (nSPS) is 21.5. The molecule has 1 aliphatic heterocycles. The van der Waals surface area contributed by atoms with E-state index in [9.17, 15) is 5.11 Å². The molecule has 2 heterocycles. The van der Waals surface area contributed by atoms with Crippen molar-refractivity contribution in [3.05, 3.63) is 17.5 Å². The molecule has 0 aliphatic carbocycles. The van der Waals surface area contributed by atoms with Gasteiger partial charge in [0, 0.05) is 18.3 Å². The van der Waals surface area contributed by atoms with Crippen LogP contribution in [0.25, 0.3) is 0 Å². The standard InChI is InChI=1S/C13H23N3O/c1-10(2)6-11-7-12(15-14-11)8-16-5-3-4-13(16)9-17/h7,10,13,17H,3-6,8-9H2,1-2H3,(H,14,15)/t13-/m0/s1. The third-order valence-corrected chi connectivity index (χ3v) is 3.38. The highest BCUT2D eigenvalue weighted by molar-refractivity contribution is 5.09. The van der Waals surface area contributed by atoms with E-state index in [2.05, 4.69) is 35.0 Å². The molecule has 1 atom stereocenters. The molecule has 0 amide bonds. The van der Waals surface area contributed by atoms with Gasteiger partial charge in [0.05, 0.1) is 12.3 Å². The smallest absolute Gasteiger partial charge is 0.0628 e. The van der Waals surface area contributed by atoms with Crippen LogP contribution >= 0.6 is 0 Å². The molecular formula is C13H23N3O. The Labute approximate surface area is 103 Å². The van der Waals surface area contributed by atoms with Crippen molar-refractivity contribution in [2.24, 2.45) is 5.92 Å². The molecule has 1 aromatic heterocycles. The summed E-state index contributed by atoms with van der Waals surface area (Å²) >= 11 is 0. The van der Waals surface area contributed by atoms with E-state index in [1.165, 1.54) is 12.1 Å². The Morgan fingerprint density at radius 1 is 1.59 bits per heavy atom. The van der Waals surface area contributed by atoms with Crippen LogP contribution < -0.4 is 0 Å². The maximum Gasteiger partial charge on any atom is 0.0628 e. The number of aromatic amines is 1. The molecular weight excluding hydrogens is 214 g/mol. The lowest BCUT2D eigenvalue weighted by Crippen LogP contribution is -2.31. The Bertz CT molecular complexity index is 348. The number of aliphatic hydroxyl groups excluding tert-OH is 1. The van der Waals surface area contributed by atoms with Gasteiger partial charge in [0.1, 0.15) is 0 Å². The molecule has 1 saturated heterocycles. The van der Waals surface area contributed by atoms with E-state index in [4.69, 9.17) is 0 Å². The Hall–Kier alpha value is -0.870. The van der Waals surface area contributed by atoms with E-state index in [1.54, 1.807) is 0 Å². The van der Waals surface area contributed by atoms with Gasteiger partial charge in [-0.2, -0.15) is 5.10 Å². The van der Waals surface area contributed by atoms with Crippen LogP contribution in [0.3, 0.4) is 0 Å². The molecule has 4 heteroatoms. The maximum absolute atomic E-state index is 9.27. The van der Waals surface area contributed by atoms with Gasteiger partial charge in [-0.1, -0.05) is 13.8 Å². The number of hydrogen-bond donors (Lipinski definition) is 2. The average molecular weight is 237 g/mol. The number of aromatic nitrogens is 2. The van der Waals surface area contributed by atoms with Crippen LogP contribution in [0.1, 0.15) is 38.1 Å². The zero-order valence-electron chi connectivity index (χ0n) is 10.8. The molecule has 0 bridgehead atoms. The van der Waals surface area contributed by atoms with Crippen molar-refractivity contribution in [3.8, 4) is 0 Å². The van der Waals surface area contributed by atoms with Crippen LogP contribution in [0.15, 0.2) is 6.07 Å². The fourth-order valence-electron chi connectivity index (χ4n) is 2.54. The third-order valence-electron chi connectivity index (χ3n) is 3.38. The molecule has 17 heavy (non-hydrogen) atoms. The lowest BCUT2D eigenvalue weighted by molar-refractivity contribution is 0.152. The van der Waals surface area contributed by atoms with Crippen molar-refractivity contribution in [1.29, 1.82) is 0 Å². The van der Waals surface area contributed by atoms with Crippen molar-refractivity contribution < 1.29 is 5.11 Å². The van der Waals surface area contributed by atoms with Gasteiger partial charge in [0.2, 0.25) is 0 Å². The van der Waals surface area contributed by atoms with Crippen LogP contribution in [0, 0.1) is 5.92 Å². The molecule has 2 rings (SSSR count). The monoisotopic (exact) mass is 237 g/mol. The van der Waals surface area contributed by atoms with Gasteiger partial charge >= 0.3 is 0 Å². The predicted molar refractivity (Wildman–Crippen MR) is 67.6 cm³/mol. The number of nitrogens with zero attached hydrogens (tertiary/aromatic N) is 2. The minimum Gasteiger partial charge on any atom is -0.395 e. The van der Waals surface area contributed by atoms with E-state index in [-0.39, 0.29) is 6.61 Å². The summed E-state index contributed by atoms with van der Waals surface area (Å²) in [6.45, 7) is 6.65. The highest BCUT2D eigenvalue weighted by Gasteiger charge is 2.24. The first kappa shape index (κ1) is 12.6.